The topological polar surface area (TPSA) is 12.4 Å². The molecule has 0 amide bonds. The maximum atomic E-state index is 14.6. The Kier molecular flexibility index (Phi) is 5.13. The van der Waals surface area contributed by atoms with Gasteiger partial charge in [-0.15, -0.1) is 0 Å². The van der Waals surface area contributed by atoms with Crippen molar-refractivity contribution < 1.29 is 8.78 Å². The average Bonchev–Trinajstić information content (AvgIpc) is 2.63. The summed E-state index contributed by atoms with van der Waals surface area (Å²) in [5.74, 6) is -0.962. The molecule has 0 atom stereocenters. The van der Waals surface area contributed by atoms with E-state index in [1.54, 1.807) is 12.1 Å². The second-order valence-electron chi connectivity index (χ2n) is 5.61. The van der Waals surface area contributed by atoms with Crippen molar-refractivity contribution in [3.8, 4) is 22.3 Å². The van der Waals surface area contributed by atoms with Gasteiger partial charge >= 0.3 is 0 Å². The number of aryl methyl sites for hydroxylation is 1. The lowest BCUT2D eigenvalue weighted by Gasteiger charge is -2.08. The first-order valence-corrected chi connectivity index (χ1v) is 8.30. The molecule has 4 heteroatoms. The van der Waals surface area contributed by atoms with Gasteiger partial charge in [-0.3, -0.25) is 0 Å². The van der Waals surface area contributed by atoms with E-state index in [9.17, 15) is 8.78 Å². The van der Waals surface area contributed by atoms with Gasteiger partial charge in [0.2, 0.25) is 0 Å². The van der Waals surface area contributed by atoms with Gasteiger partial charge in [0.05, 0.1) is 5.16 Å². The van der Waals surface area contributed by atoms with Crippen LogP contribution in [0.3, 0.4) is 0 Å². The molecule has 0 aliphatic rings. The Morgan fingerprint density at radius 2 is 1.48 bits per heavy atom. The van der Waals surface area contributed by atoms with Crippen molar-refractivity contribution in [3.05, 3.63) is 77.9 Å². The average molecular weight is 351 g/mol. The van der Waals surface area contributed by atoms with E-state index in [0.717, 1.165) is 17.5 Å². The minimum absolute atomic E-state index is 0.0896. The van der Waals surface area contributed by atoms with Crippen LogP contribution in [-0.4, -0.2) is 5.16 Å². The second-order valence-corrected chi connectivity index (χ2v) is 5.80. The minimum Gasteiger partial charge on any atom is -0.206 e. The number of hydrogen-bond acceptors (Lipinski definition) is 2. The molecule has 1 nitrogen and oxygen atoms in total. The van der Waals surface area contributed by atoms with Crippen molar-refractivity contribution in [1.82, 2.24) is 0 Å². The summed E-state index contributed by atoms with van der Waals surface area (Å²) in [4.78, 5) is 3.63. The lowest BCUT2D eigenvalue weighted by molar-refractivity contribution is 0.626. The highest BCUT2D eigenvalue weighted by Crippen LogP contribution is 2.30. The van der Waals surface area contributed by atoms with Gasteiger partial charge in [-0.25, -0.2) is 8.78 Å². The molecule has 3 aromatic rings. The number of thiocarbonyl (C=S) groups is 1. The van der Waals surface area contributed by atoms with Gasteiger partial charge in [0.15, 0.2) is 0 Å². The van der Waals surface area contributed by atoms with Gasteiger partial charge in [-0.1, -0.05) is 49.4 Å². The summed E-state index contributed by atoms with van der Waals surface area (Å²) in [6, 6.07) is 17.3. The molecule has 0 aromatic heterocycles. The van der Waals surface area contributed by atoms with Crippen molar-refractivity contribution in [3.63, 3.8) is 0 Å². The van der Waals surface area contributed by atoms with Crippen molar-refractivity contribution >= 4 is 23.1 Å². The third-order valence-electron chi connectivity index (χ3n) is 4.09. The highest BCUT2D eigenvalue weighted by molar-refractivity contribution is 7.78. The Hall–Kier alpha value is -2.68. The molecule has 0 heterocycles. The predicted molar refractivity (Wildman–Crippen MR) is 101 cm³/mol. The molecule has 0 N–H and O–H groups in total. The number of benzene rings is 3. The summed E-state index contributed by atoms with van der Waals surface area (Å²) >= 11 is 4.47. The summed E-state index contributed by atoms with van der Waals surface area (Å²) in [6.45, 7) is 2.09. The van der Waals surface area contributed by atoms with Crippen LogP contribution in [0.15, 0.2) is 65.7 Å². The molecule has 0 saturated carbocycles. The minimum atomic E-state index is -0.562. The fraction of sp³-hybridized carbons (Fsp3) is 0.0952. The fourth-order valence-corrected chi connectivity index (χ4v) is 2.77. The molecule has 0 bridgehead atoms. The molecule has 124 valence electrons. The van der Waals surface area contributed by atoms with E-state index in [0.29, 0.717) is 11.1 Å². The largest absolute Gasteiger partial charge is 0.206 e. The van der Waals surface area contributed by atoms with Crippen molar-refractivity contribution in [2.24, 2.45) is 4.99 Å². The maximum absolute atomic E-state index is 14.6. The van der Waals surface area contributed by atoms with Gasteiger partial charge in [-0.2, -0.15) is 4.99 Å². The first-order valence-electron chi connectivity index (χ1n) is 7.89. The molecule has 0 fully saturated rings. The fourth-order valence-electron chi connectivity index (χ4n) is 2.68. The van der Waals surface area contributed by atoms with Crippen LogP contribution in [0.5, 0.6) is 0 Å². The van der Waals surface area contributed by atoms with E-state index >= 15 is 0 Å². The zero-order valence-corrected chi connectivity index (χ0v) is 14.4. The smallest absolute Gasteiger partial charge is 0.150 e. The van der Waals surface area contributed by atoms with E-state index in [1.807, 2.05) is 30.3 Å². The summed E-state index contributed by atoms with van der Waals surface area (Å²) < 4.78 is 28.5. The third kappa shape index (κ3) is 3.71. The number of aliphatic imine (C=N–C) groups is 1. The Morgan fingerprint density at radius 3 is 2.08 bits per heavy atom. The van der Waals surface area contributed by atoms with E-state index in [4.69, 9.17) is 0 Å². The zero-order valence-electron chi connectivity index (χ0n) is 13.6. The van der Waals surface area contributed by atoms with Crippen LogP contribution in [0.4, 0.5) is 14.5 Å². The predicted octanol–water partition coefficient (Wildman–Crippen LogP) is 6.60. The van der Waals surface area contributed by atoms with Gasteiger partial charge in [0.1, 0.15) is 17.3 Å². The number of nitrogens with zero attached hydrogens (tertiary/aromatic N) is 1. The molecule has 0 aliphatic carbocycles. The molecule has 0 aliphatic heterocycles. The van der Waals surface area contributed by atoms with Crippen molar-refractivity contribution in [2.45, 2.75) is 13.3 Å². The molecule has 0 radical (unpaired) electrons. The van der Waals surface area contributed by atoms with E-state index in [1.165, 1.54) is 23.8 Å². The summed E-state index contributed by atoms with van der Waals surface area (Å²) in [5, 5.41) is 2.12. The summed E-state index contributed by atoms with van der Waals surface area (Å²) in [7, 11) is 0. The standard InChI is InChI=1S/C21H15F2NS/c1-2-14-3-5-15(6-4-14)16-7-9-18(19(22)11-16)17-8-10-21(24-13-25)20(23)12-17/h3-12H,2H2,1H3. The first-order chi connectivity index (χ1) is 12.1. The second kappa shape index (κ2) is 7.47. The van der Waals surface area contributed by atoms with E-state index in [2.05, 4.69) is 29.3 Å². The Labute approximate surface area is 150 Å². The van der Waals surface area contributed by atoms with Crippen molar-refractivity contribution in [2.75, 3.05) is 0 Å². The van der Waals surface area contributed by atoms with Gasteiger partial charge in [0.25, 0.3) is 0 Å². The Balaban J connectivity index is 1.96. The Morgan fingerprint density at radius 1 is 0.840 bits per heavy atom. The number of halogens is 2. The number of hydrogen-bond donors (Lipinski definition) is 0. The van der Waals surface area contributed by atoms with Crippen LogP contribution in [0, 0.1) is 11.6 Å². The van der Waals surface area contributed by atoms with Gasteiger partial charge in [0, 0.05) is 5.56 Å². The SMILES string of the molecule is CCc1ccc(-c2ccc(-c3ccc(N=C=S)c(F)c3)c(F)c2)cc1. The van der Waals surface area contributed by atoms with Gasteiger partial charge in [-0.05, 0) is 59.1 Å². The molecule has 0 spiro atoms. The lowest BCUT2D eigenvalue weighted by Crippen LogP contribution is -1.88. The van der Waals surface area contributed by atoms with Crippen LogP contribution >= 0.6 is 12.2 Å². The van der Waals surface area contributed by atoms with Crippen LogP contribution in [0.2, 0.25) is 0 Å². The molecule has 3 aromatic carbocycles. The highest BCUT2D eigenvalue weighted by Gasteiger charge is 2.10. The molecule has 3 rings (SSSR count). The van der Waals surface area contributed by atoms with Crippen molar-refractivity contribution in [1.29, 1.82) is 0 Å². The lowest BCUT2D eigenvalue weighted by atomic mass is 9.98. The monoisotopic (exact) mass is 351 g/mol. The first kappa shape index (κ1) is 17.2. The zero-order chi connectivity index (χ0) is 17.8. The number of rotatable bonds is 4. The van der Waals surface area contributed by atoms with E-state index < -0.39 is 11.6 Å². The summed E-state index contributed by atoms with van der Waals surface area (Å²) in [6.07, 6.45) is 0.961. The Bertz CT molecular complexity index is 958. The maximum Gasteiger partial charge on any atom is 0.150 e. The molecular weight excluding hydrogens is 336 g/mol. The molecule has 0 unspecified atom stereocenters. The van der Waals surface area contributed by atoms with Gasteiger partial charge < -0.3 is 0 Å². The van der Waals surface area contributed by atoms with Crippen LogP contribution in [0.25, 0.3) is 22.3 Å². The van der Waals surface area contributed by atoms with Crippen LogP contribution in [-0.2, 0) is 6.42 Å². The quantitative estimate of drug-likeness (QED) is 0.381. The van der Waals surface area contributed by atoms with E-state index in [-0.39, 0.29) is 5.69 Å². The highest BCUT2D eigenvalue weighted by atomic mass is 32.1. The number of isothiocyanates is 1. The molecule has 25 heavy (non-hydrogen) atoms. The van der Waals surface area contributed by atoms with Crippen LogP contribution < -0.4 is 0 Å². The summed E-state index contributed by atoms with van der Waals surface area (Å²) in [5.41, 5.74) is 3.84. The molecule has 0 saturated heterocycles. The normalized spacial score (nSPS) is 10.4. The molecular formula is C21H15F2NS. The third-order valence-corrected chi connectivity index (χ3v) is 4.18. The van der Waals surface area contributed by atoms with Crippen LogP contribution in [0.1, 0.15) is 12.5 Å².